The predicted octanol–water partition coefficient (Wildman–Crippen LogP) is 1.82. The van der Waals surface area contributed by atoms with Gasteiger partial charge in [-0.3, -0.25) is 4.79 Å². The molecule has 0 aliphatic carbocycles. The molecule has 0 aliphatic heterocycles. The number of aliphatic hydroxyl groups excluding tert-OH is 1. The number of carbonyl (C=O) groups excluding carboxylic acids is 1. The second kappa shape index (κ2) is 5.51. The van der Waals surface area contributed by atoms with Gasteiger partial charge in [-0.2, -0.15) is 0 Å². The number of carbonyl (C=O) groups is 1. The highest BCUT2D eigenvalue weighted by Crippen LogP contribution is 2.12. The van der Waals surface area contributed by atoms with Crippen molar-refractivity contribution in [1.82, 2.24) is 0 Å². The van der Waals surface area contributed by atoms with Gasteiger partial charge in [0.25, 0.3) is 0 Å². The number of benzene rings is 1. The minimum absolute atomic E-state index is 0.0634. The number of rotatable bonds is 4. The van der Waals surface area contributed by atoms with Crippen molar-refractivity contribution in [3.8, 4) is 0 Å². The summed E-state index contributed by atoms with van der Waals surface area (Å²) in [6.07, 6.45) is 0.858. The Morgan fingerprint density at radius 1 is 1.40 bits per heavy atom. The molecule has 1 amide bonds. The maximum atomic E-state index is 10.8. The average Bonchev–Trinajstić information content (AvgIpc) is 2.20. The molecule has 0 bridgehead atoms. The van der Waals surface area contributed by atoms with Gasteiger partial charge < -0.3 is 10.4 Å². The molecule has 1 aromatic rings. The van der Waals surface area contributed by atoms with Crippen LogP contribution in [0.2, 0.25) is 0 Å². The molecule has 0 saturated heterocycles. The van der Waals surface area contributed by atoms with E-state index in [9.17, 15) is 4.79 Å². The Labute approximate surface area is 90.1 Å². The molecule has 0 aliphatic rings. The summed E-state index contributed by atoms with van der Waals surface area (Å²) in [5.41, 5.74) is 1.98. The van der Waals surface area contributed by atoms with Gasteiger partial charge in [0.15, 0.2) is 0 Å². The number of anilines is 1. The van der Waals surface area contributed by atoms with Gasteiger partial charge in [0.1, 0.15) is 0 Å². The van der Waals surface area contributed by atoms with Crippen molar-refractivity contribution < 1.29 is 9.90 Å². The van der Waals surface area contributed by atoms with Gasteiger partial charge in [0.2, 0.25) is 5.91 Å². The number of hydrogen-bond acceptors (Lipinski definition) is 2. The van der Waals surface area contributed by atoms with Crippen molar-refractivity contribution in [2.24, 2.45) is 5.92 Å². The van der Waals surface area contributed by atoms with Crippen LogP contribution in [-0.2, 0) is 11.2 Å². The van der Waals surface area contributed by atoms with Crippen LogP contribution in [0.1, 0.15) is 19.4 Å². The first kappa shape index (κ1) is 11.7. The summed E-state index contributed by atoms with van der Waals surface area (Å²) in [6, 6.07) is 7.69. The van der Waals surface area contributed by atoms with Crippen LogP contribution in [0.4, 0.5) is 5.69 Å². The molecule has 0 spiro atoms. The lowest BCUT2D eigenvalue weighted by atomic mass is 10.0. The van der Waals surface area contributed by atoms with Crippen molar-refractivity contribution >= 4 is 11.6 Å². The van der Waals surface area contributed by atoms with E-state index in [0.717, 1.165) is 12.1 Å². The first-order chi connectivity index (χ1) is 7.11. The number of aliphatic hydroxyl groups is 1. The minimum Gasteiger partial charge on any atom is -0.396 e. The second-order valence-electron chi connectivity index (χ2n) is 3.87. The summed E-state index contributed by atoms with van der Waals surface area (Å²) in [5, 5.41) is 11.6. The fraction of sp³-hybridized carbons (Fsp3) is 0.417. The number of hydrogen-bond donors (Lipinski definition) is 2. The maximum Gasteiger partial charge on any atom is 0.221 e. The molecular formula is C12H17NO2. The Morgan fingerprint density at radius 3 is 2.47 bits per heavy atom. The first-order valence-electron chi connectivity index (χ1n) is 5.09. The van der Waals surface area contributed by atoms with E-state index in [-0.39, 0.29) is 18.4 Å². The molecule has 0 fully saturated rings. The second-order valence-corrected chi connectivity index (χ2v) is 3.87. The third-order valence-electron chi connectivity index (χ3n) is 2.17. The highest BCUT2D eigenvalue weighted by molar-refractivity contribution is 5.88. The highest BCUT2D eigenvalue weighted by atomic mass is 16.3. The topological polar surface area (TPSA) is 49.3 Å². The van der Waals surface area contributed by atoms with E-state index in [0.29, 0.717) is 0 Å². The molecule has 0 heterocycles. The molecule has 3 heteroatoms. The van der Waals surface area contributed by atoms with Crippen LogP contribution in [0.5, 0.6) is 0 Å². The quantitative estimate of drug-likeness (QED) is 0.791. The summed E-state index contributed by atoms with van der Waals surface area (Å²) >= 11 is 0. The molecule has 1 rings (SSSR count). The third kappa shape index (κ3) is 4.13. The van der Waals surface area contributed by atoms with Crippen LogP contribution in [0.3, 0.4) is 0 Å². The van der Waals surface area contributed by atoms with Crippen molar-refractivity contribution in [2.75, 3.05) is 11.9 Å². The highest BCUT2D eigenvalue weighted by Gasteiger charge is 2.02. The number of nitrogens with one attached hydrogen (secondary N) is 1. The van der Waals surface area contributed by atoms with Gasteiger partial charge in [-0.05, 0) is 30.0 Å². The van der Waals surface area contributed by atoms with Gasteiger partial charge in [-0.1, -0.05) is 19.1 Å². The molecule has 1 atom stereocenters. The van der Waals surface area contributed by atoms with E-state index in [1.807, 2.05) is 31.2 Å². The Bertz CT molecular complexity index is 319. The normalized spacial score (nSPS) is 12.2. The standard InChI is InChI=1S/C12H17NO2/c1-9(8-14)7-11-3-5-12(6-4-11)13-10(2)15/h3-6,9,14H,7-8H2,1-2H3,(H,13,15). The van der Waals surface area contributed by atoms with Crippen molar-refractivity contribution in [3.05, 3.63) is 29.8 Å². The first-order valence-corrected chi connectivity index (χ1v) is 5.09. The van der Waals surface area contributed by atoms with E-state index in [4.69, 9.17) is 5.11 Å². The minimum atomic E-state index is -0.0634. The van der Waals surface area contributed by atoms with Crippen molar-refractivity contribution in [1.29, 1.82) is 0 Å². The smallest absolute Gasteiger partial charge is 0.221 e. The largest absolute Gasteiger partial charge is 0.396 e. The lowest BCUT2D eigenvalue weighted by Crippen LogP contribution is -2.07. The van der Waals surface area contributed by atoms with E-state index in [1.165, 1.54) is 12.5 Å². The zero-order valence-corrected chi connectivity index (χ0v) is 9.16. The summed E-state index contributed by atoms with van der Waals surface area (Å²) in [5.74, 6) is 0.211. The Kier molecular flexibility index (Phi) is 4.31. The summed E-state index contributed by atoms with van der Waals surface area (Å²) < 4.78 is 0. The molecule has 3 nitrogen and oxygen atoms in total. The molecule has 1 aromatic carbocycles. The molecule has 82 valence electrons. The van der Waals surface area contributed by atoms with E-state index < -0.39 is 0 Å². The molecular weight excluding hydrogens is 190 g/mol. The van der Waals surface area contributed by atoms with Crippen LogP contribution in [0, 0.1) is 5.92 Å². The van der Waals surface area contributed by atoms with Crippen LogP contribution >= 0.6 is 0 Å². The average molecular weight is 207 g/mol. The summed E-state index contributed by atoms with van der Waals surface area (Å²) in [7, 11) is 0. The number of amides is 1. The van der Waals surface area contributed by atoms with Gasteiger partial charge in [0.05, 0.1) is 0 Å². The van der Waals surface area contributed by atoms with Gasteiger partial charge in [-0.25, -0.2) is 0 Å². The molecule has 0 radical (unpaired) electrons. The van der Waals surface area contributed by atoms with E-state index in [2.05, 4.69) is 5.32 Å². The van der Waals surface area contributed by atoms with Crippen LogP contribution < -0.4 is 5.32 Å². The molecule has 2 N–H and O–H groups in total. The fourth-order valence-corrected chi connectivity index (χ4v) is 1.39. The monoisotopic (exact) mass is 207 g/mol. The van der Waals surface area contributed by atoms with Crippen molar-refractivity contribution in [3.63, 3.8) is 0 Å². The molecule has 1 unspecified atom stereocenters. The molecule has 0 saturated carbocycles. The third-order valence-corrected chi connectivity index (χ3v) is 2.17. The lowest BCUT2D eigenvalue weighted by Gasteiger charge is -2.08. The fourth-order valence-electron chi connectivity index (χ4n) is 1.39. The van der Waals surface area contributed by atoms with E-state index in [1.54, 1.807) is 0 Å². The summed E-state index contributed by atoms with van der Waals surface area (Å²) in [4.78, 5) is 10.8. The lowest BCUT2D eigenvalue weighted by molar-refractivity contribution is -0.114. The van der Waals surface area contributed by atoms with Crippen LogP contribution in [0.15, 0.2) is 24.3 Å². The SMILES string of the molecule is CC(=O)Nc1ccc(CC(C)CO)cc1. The van der Waals surface area contributed by atoms with E-state index >= 15 is 0 Å². The van der Waals surface area contributed by atoms with Crippen molar-refractivity contribution in [2.45, 2.75) is 20.3 Å². The zero-order chi connectivity index (χ0) is 11.3. The Balaban J connectivity index is 2.60. The zero-order valence-electron chi connectivity index (χ0n) is 9.16. The van der Waals surface area contributed by atoms with Gasteiger partial charge >= 0.3 is 0 Å². The van der Waals surface area contributed by atoms with Crippen LogP contribution in [-0.4, -0.2) is 17.6 Å². The van der Waals surface area contributed by atoms with Crippen LogP contribution in [0.25, 0.3) is 0 Å². The summed E-state index contributed by atoms with van der Waals surface area (Å²) in [6.45, 7) is 3.69. The predicted molar refractivity (Wildman–Crippen MR) is 60.7 cm³/mol. The van der Waals surface area contributed by atoms with Gasteiger partial charge in [0, 0.05) is 19.2 Å². The maximum absolute atomic E-state index is 10.8. The Morgan fingerprint density at radius 2 is 2.00 bits per heavy atom. The molecule has 15 heavy (non-hydrogen) atoms. The Hall–Kier alpha value is -1.35. The van der Waals surface area contributed by atoms with Gasteiger partial charge in [-0.15, -0.1) is 0 Å². The molecule has 0 aromatic heterocycles.